The van der Waals surface area contributed by atoms with Gasteiger partial charge < -0.3 is 0 Å². The summed E-state index contributed by atoms with van der Waals surface area (Å²) in [4.78, 5) is 17.3. The first-order valence-electron chi connectivity index (χ1n) is 8.15. The standard InChI is InChI=1S/C18H13Cl2N5OS2/c1-2-5-25-16(13-4-3-11(19)8-14(13)20)22-23-18(25)28-10-12-9-15(26)24-6-7-27-17(24)21-12/h2-4,6-9H,1,5,10H2. The molecule has 0 radical (unpaired) electrons. The van der Waals surface area contributed by atoms with E-state index in [2.05, 4.69) is 21.8 Å². The molecule has 0 saturated carbocycles. The van der Waals surface area contributed by atoms with Gasteiger partial charge in [-0.25, -0.2) is 4.98 Å². The third kappa shape index (κ3) is 3.73. The lowest BCUT2D eigenvalue weighted by molar-refractivity contribution is 0.731. The number of nitrogens with zero attached hydrogens (tertiary/aromatic N) is 5. The number of allylic oxidation sites excluding steroid dienone is 1. The minimum atomic E-state index is -0.0944. The zero-order chi connectivity index (χ0) is 19.7. The predicted molar refractivity (Wildman–Crippen MR) is 115 cm³/mol. The van der Waals surface area contributed by atoms with Gasteiger partial charge in [0.2, 0.25) is 0 Å². The first-order chi connectivity index (χ1) is 13.6. The molecule has 0 atom stereocenters. The lowest BCUT2D eigenvalue weighted by Gasteiger charge is -2.09. The normalized spacial score (nSPS) is 11.2. The van der Waals surface area contributed by atoms with Gasteiger partial charge in [-0.05, 0) is 18.2 Å². The smallest absolute Gasteiger partial charge is 0.258 e. The van der Waals surface area contributed by atoms with Gasteiger partial charge in [-0.1, -0.05) is 41.0 Å². The van der Waals surface area contributed by atoms with E-state index in [-0.39, 0.29) is 5.56 Å². The van der Waals surface area contributed by atoms with E-state index in [4.69, 9.17) is 23.2 Å². The van der Waals surface area contributed by atoms with Crippen LogP contribution in [-0.2, 0) is 12.3 Å². The summed E-state index contributed by atoms with van der Waals surface area (Å²) in [6.07, 6.45) is 3.48. The summed E-state index contributed by atoms with van der Waals surface area (Å²) in [6.45, 7) is 4.33. The van der Waals surface area contributed by atoms with Gasteiger partial charge in [-0.2, -0.15) is 0 Å². The number of halogens is 2. The fourth-order valence-electron chi connectivity index (χ4n) is 2.66. The summed E-state index contributed by atoms with van der Waals surface area (Å²) in [7, 11) is 0. The van der Waals surface area contributed by atoms with Crippen LogP contribution in [-0.4, -0.2) is 24.1 Å². The molecule has 28 heavy (non-hydrogen) atoms. The molecule has 3 heterocycles. The van der Waals surface area contributed by atoms with E-state index in [0.29, 0.717) is 44.0 Å². The van der Waals surface area contributed by atoms with Crippen LogP contribution < -0.4 is 5.56 Å². The first-order valence-corrected chi connectivity index (χ1v) is 10.8. The van der Waals surface area contributed by atoms with Crippen molar-refractivity contribution in [2.45, 2.75) is 17.5 Å². The fraction of sp³-hybridized carbons (Fsp3) is 0.111. The number of fused-ring (bicyclic) bond motifs is 1. The van der Waals surface area contributed by atoms with Gasteiger partial charge in [0.1, 0.15) is 0 Å². The Morgan fingerprint density at radius 1 is 1.25 bits per heavy atom. The summed E-state index contributed by atoms with van der Waals surface area (Å²) in [6, 6.07) is 6.79. The Morgan fingerprint density at radius 2 is 2.11 bits per heavy atom. The third-order valence-electron chi connectivity index (χ3n) is 3.91. The number of hydrogen-bond donors (Lipinski definition) is 0. The highest BCUT2D eigenvalue weighted by molar-refractivity contribution is 7.98. The summed E-state index contributed by atoms with van der Waals surface area (Å²) < 4.78 is 3.45. The van der Waals surface area contributed by atoms with Crippen molar-refractivity contribution in [2.75, 3.05) is 0 Å². The molecule has 0 saturated heterocycles. The van der Waals surface area contributed by atoms with Crippen molar-refractivity contribution >= 4 is 51.3 Å². The number of hydrogen-bond acceptors (Lipinski definition) is 6. The molecule has 0 amide bonds. The number of benzene rings is 1. The largest absolute Gasteiger partial charge is 0.298 e. The van der Waals surface area contributed by atoms with E-state index in [1.54, 1.807) is 24.4 Å². The molecular weight excluding hydrogens is 437 g/mol. The Morgan fingerprint density at radius 3 is 2.89 bits per heavy atom. The van der Waals surface area contributed by atoms with Gasteiger partial charge in [0.25, 0.3) is 5.56 Å². The van der Waals surface area contributed by atoms with Crippen molar-refractivity contribution in [2.24, 2.45) is 0 Å². The fourth-order valence-corrected chi connectivity index (χ4v) is 4.73. The van der Waals surface area contributed by atoms with Crippen LogP contribution in [0.15, 0.2) is 58.4 Å². The Hall–Kier alpha value is -2.13. The Bertz CT molecular complexity index is 1230. The van der Waals surface area contributed by atoms with Crippen LogP contribution in [0.5, 0.6) is 0 Å². The molecule has 0 spiro atoms. The van der Waals surface area contributed by atoms with E-state index < -0.39 is 0 Å². The van der Waals surface area contributed by atoms with E-state index >= 15 is 0 Å². The van der Waals surface area contributed by atoms with Crippen LogP contribution in [0.4, 0.5) is 0 Å². The average Bonchev–Trinajstić information content (AvgIpc) is 3.28. The number of rotatable bonds is 6. The molecule has 0 fully saturated rings. The van der Waals surface area contributed by atoms with E-state index in [1.807, 2.05) is 16.0 Å². The zero-order valence-corrected chi connectivity index (χ0v) is 17.5. The second-order valence-electron chi connectivity index (χ2n) is 5.76. The molecule has 1 aromatic carbocycles. The summed E-state index contributed by atoms with van der Waals surface area (Å²) >= 11 is 15.2. The van der Waals surface area contributed by atoms with Crippen LogP contribution in [0.25, 0.3) is 16.3 Å². The Balaban J connectivity index is 1.65. The monoisotopic (exact) mass is 449 g/mol. The van der Waals surface area contributed by atoms with Crippen molar-refractivity contribution in [3.8, 4) is 11.4 Å². The molecular formula is C18H13Cl2N5OS2. The quantitative estimate of drug-likeness (QED) is 0.312. The molecule has 0 N–H and O–H groups in total. The van der Waals surface area contributed by atoms with Gasteiger partial charge in [0, 0.05) is 40.5 Å². The third-order valence-corrected chi connectivity index (χ3v) is 6.21. The Kier molecular flexibility index (Phi) is 5.54. The first kappa shape index (κ1) is 19.2. The molecule has 0 aliphatic carbocycles. The maximum Gasteiger partial charge on any atom is 0.258 e. The summed E-state index contributed by atoms with van der Waals surface area (Å²) in [5.74, 6) is 1.12. The lowest BCUT2D eigenvalue weighted by Crippen LogP contribution is -2.12. The molecule has 4 aromatic rings. The SMILES string of the molecule is C=CCn1c(SCc2cc(=O)n3ccsc3n2)nnc1-c1ccc(Cl)cc1Cl. The molecule has 0 aliphatic rings. The van der Waals surface area contributed by atoms with Crippen molar-refractivity contribution in [1.82, 2.24) is 24.1 Å². The summed E-state index contributed by atoms with van der Waals surface area (Å²) in [5.41, 5.74) is 1.34. The molecule has 0 unspecified atom stereocenters. The van der Waals surface area contributed by atoms with Crippen molar-refractivity contribution in [1.29, 1.82) is 0 Å². The number of thioether (sulfide) groups is 1. The van der Waals surface area contributed by atoms with E-state index in [1.165, 1.54) is 33.6 Å². The Labute approximate surface area is 178 Å². The topological polar surface area (TPSA) is 65.1 Å². The molecule has 3 aromatic heterocycles. The van der Waals surface area contributed by atoms with Crippen LogP contribution in [0.3, 0.4) is 0 Å². The van der Waals surface area contributed by atoms with Gasteiger partial charge in [-0.15, -0.1) is 28.1 Å². The number of aromatic nitrogens is 5. The molecule has 0 aliphatic heterocycles. The maximum atomic E-state index is 12.1. The van der Waals surface area contributed by atoms with Crippen LogP contribution >= 0.6 is 46.3 Å². The second kappa shape index (κ2) is 8.08. The average molecular weight is 450 g/mol. The van der Waals surface area contributed by atoms with Crippen molar-refractivity contribution < 1.29 is 0 Å². The second-order valence-corrected chi connectivity index (χ2v) is 8.42. The van der Waals surface area contributed by atoms with Gasteiger partial charge >= 0.3 is 0 Å². The van der Waals surface area contributed by atoms with Crippen LogP contribution in [0.1, 0.15) is 5.69 Å². The molecule has 142 valence electrons. The molecule has 10 heteroatoms. The van der Waals surface area contributed by atoms with Gasteiger partial charge in [0.05, 0.1) is 10.7 Å². The highest BCUT2D eigenvalue weighted by Crippen LogP contribution is 2.32. The maximum absolute atomic E-state index is 12.1. The minimum absolute atomic E-state index is 0.0944. The predicted octanol–water partition coefficient (Wildman–Crippen LogP) is 4.80. The van der Waals surface area contributed by atoms with E-state index in [0.717, 1.165) is 5.56 Å². The van der Waals surface area contributed by atoms with Crippen LogP contribution in [0.2, 0.25) is 10.0 Å². The van der Waals surface area contributed by atoms with Gasteiger partial charge in [-0.3, -0.25) is 13.8 Å². The molecule has 6 nitrogen and oxygen atoms in total. The highest BCUT2D eigenvalue weighted by atomic mass is 35.5. The number of thiazole rings is 1. The lowest BCUT2D eigenvalue weighted by atomic mass is 10.2. The zero-order valence-electron chi connectivity index (χ0n) is 14.4. The van der Waals surface area contributed by atoms with Crippen molar-refractivity contribution in [3.05, 3.63) is 74.6 Å². The molecule has 0 bridgehead atoms. The van der Waals surface area contributed by atoms with Crippen molar-refractivity contribution in [3.63, 3.8) is 0 Å². The van der Waals surface area contributed by atoms with Gasteiger partial charge in [0.15, 0.2) is 15.9 Å². The summed E-state index contributed by atoms with van der Waals surface area (Å²) in [5, 5.41) is 12.2. The molecule has 4 rings (SSSR count). The minimum Gasteiger partial charge on any atom is -0.298 e. The van der Waals surface area contributed by atoms with E-state index in [9.17, 15) is 4.79 Å². The highest BCUT2D eigenvalue weighted by Gasteiger charge is 2.17. The van der Waals surface area contributed by atoms with Crippen LogP contribution in [0, 0.1) is 0 Å².